The van der Waals surface area contributed by atoms with Gasteiger partial charge in [0.15, 0.2) is 5.82 Å². The zero-order valence-electron chi connectivity index (χ0n) is 18.1. The Labute approximate surface area is 188 Å². The topological polar surface area (TPSA) is 77.3 Å². The van der Waals surface area contributed by atoms with Crippen LogP contribution in [-0.2, 0) is 22.1 Å². The molecule has 2 aromatic rings. The predicted molar refractivity (Wildman–Crippen MR) is 117 cm³/mol. The second-order valence-corrected chi connectivity index (χ2v) is 8.13. The highest BCUT2D eigenvalue weighted by Crippen LogP contribution is 2.42. The Morgan fingerprint density at radius 2 is 1.67 bits per heavy atom. The maximum absolute atomic E-state index is 13.1. The second kappa shape index (κ2) is 8.68. The van der Waals surface area contributed by atoms with Crippen LogP contribution in [0.25, 0.3) is 11.5 Å². The fourth-order valence-electron chi connectivity index (χ4n) is 3.44. The lowest BCUT2D eigenvalue weighted by molar-refractivity contribution is -0.144. The van der Waals surface area contributed by atoms with Crippen LogP contribution in [0.15, 0.2) is 48.5 Å². The summed E-state index contributed by atoms with van der Waals surface area (Å²) in [6, 6.07) is 10.9. The summed E-state index contributed by atoms with van der Waals surface area (Å²) in [5.74, 6) is 1.15. The van der Waals surface area contributed by atoms with Gasteiger partial charge in [0.2, 0.25) is 0 Å². The minimum absolute atomic E-state index is 0.189. The van der Waals surface area contributed by atoms with Gasteiger partial charge >= 0.3 is 18.2 Å². The molecule has 4 rings (SSSR count). The number of esters is 1. The largest absolute Gasteiger partial charge is 0.465 e. The maximum Gasteiger partial charge on any atom is 0.418 e. The van der Waals surface area contributed by atoms with Crippen molar-refractivity contribution in [1.82, 2.24) is 9.36 Å². The smallest absolute Gasteiger partial charge is 0.418 e. The van der Waals surface area contributed by atoms with E-state index in [0.717, 1.165) is 23.3 Å². The van der Waals surface area contributed by atoms with Crippen LogP contribution in [0.5, 0.6) is 0 Å². The molecule has 0 spiro atoms. The van der Waals surface area contributed by atoms with Gasteiger partial charge < -0.3 is 15.4 Å². The number of alkyl halides is 3. The molecule has 0 radical (unpaired) electrons. The van der Waals surface area contributed by atoms with E-state index in [-0.39, 0.29) is 17.6 Å². The number of ether oxygens (including phenoxy) is 1. The third-order valence-corrected chi connectivity index (χ3v) is 5.05. The lowest BCUT2D eigenvalue weighted by Gasteiger charge is -2.14. The lowest BCUT2D eigenvalue weighted by Crippen LogP contribution is -2.21. The molecule has 0 atom stereocenters. The quantitative estimate of drug-likeness (QED) is 0.347. The molecule has 33 heavy (non-hydrogen) atoms. The van der Waals surface area contributed by atoms with E-state index in [9.17, 15) is 22.8 Å². The third-order valence-electron chi connectivity index (χ3n) is 5.05. The van der Waals surface area contributed by atoms with Crippen LogP contribution in [0.1, 0.15) is 31.5 Å². The van der Waals surface area contributed by atoms with Crippen molar-refractivity contribution in [1.29, 1.82) is 0 Å². The Balaban J connectivity index is 1.27. The molecule has 0 saturated carbocycles. The minimum atomic E-state index is -4.57. The summed E-state index contributed by atoms with van der Waals surface area (Å²) in [4.78, 5) is 23.7. The number of nitrogens with one attached hydrogen (secondary N) is 2. The Morgan fingerprint density at radius 3 is 2.30 bits per heavy atom. The van der Waals surface area contributed by atoms with Crippen LogP contribution in [0.2, 0.25) is 0 Å². The maximum atomic E-state index is 13.1. The average molecular weight is 460 g/mol. The first-order valence-corrected chi connectivity index (χ1v) is 10.5. The van der Waals surface area contributed by atoms with E-state index in [2.05, 4.69) is 10.6 Å². The zero-order chi connectivity index (χ0) is 23.8. The summed E-state index contributed by atoms with van der Waals surface area (Å²) in [5, 5.41) is 4.77. The molecule has 174 valence electrons. The number of rotatable bonds is 8. The number of urea groups is 1. The first-order valence-electron chi connectivity index (χ1n) is 10.5. The fraction of sp³-hybridized carbons (Fsp3) is 0.304. The van der Waals surface area contributed by atoms with Crippen LogP contribution < -0.4 is 10.6 Å². The molecule has 0 aromatic heterocycles. The van der Waals surface area contributed by atoms with Gasteiger partial charge in [0, 0.05) is 18.5 Å². The second-order valence-electron chi connectivity index (χ2n) is 8.13. The third kappa shape index (κ3) is 5.21. The first kappa shape index (κ1) is 22.5. The fourth-order valence-corrected chi connectivity index (χ4v) is 3.44. The molecule has 0 unspecified atom stereocenters. The van der Waals surface area contributed by atoms with Crippen molar-refractivity contribution in [3.05, 3.63) is 59.8 Å². The number of aromatic nitrogens is 2. The van der Waals surface area contributed by atoms with E-state index in [4.69, 9.17) is 4.74 Å². The van der Waals surface area contributed by atoms with Crippen molar-refractivity contribution in [3.63, 3.8) is 0 Å². The van der Waals surface area contributed by atoms with Gasteiger partial charge in [-0.15, -0.1) is 0 Å². The molecular formula is C23H23F3N4O3. The molecule has 2 N–H and O–H groups in total. The zero-order valence-corrected chi connectivity index (χ0v) is 18.1. The first-order chi connectivity index (χ1) is 15.6. The van der Waals surface area contributed by atoms with Gasteiger partial charge in [-0.25, -0.2) is 14.2 Å². The summed E-state index contributed by atoms with van der Waals surface area (Å²) in [6.45, 7) is 4.28. The number of anilines is 2. The minimum Gasteiger partial charge on any atom is -0.465 e. The Bertz CT molecular complexity index is 1160. The number of hydrogen-bond acceptors (Lipinski definition) is 3. The molecule has 0 saturated heterocycles. The van der Waals surface area contributed by atoms with Crippen LogP contribution in [-0.4, -0.2) is 28.0 Å². The normalized spacial score (nSPS) is 12.1. The van der Waals surface area contributed by atoms with Crippen molar-refractivity contribution in [2.24, 2.45) is 5.92 Å². The molecule has 2 aliphatic heterocycles. The molecule has 2 heterocycles. The average Bonchev–Trinajstić information content (AvgIpc) is 3.63. The van der Waals surface area contributed by atoms with E-state index in [1.54, 1.807) is 24.3 Å². The molecule has 2 aliphatic rings. The van der Waals surface area contributed by atoms with E-state index in [1.807, 2.05) is 23.2 Å². The van der Waals surface area contributed by atoms with Crippen LogP contribution in [0, 0.1) is 5.92 Å². The molecule has 2 aromatic carbocycles. The number of carbonyl (C=O) groups is 2. The van der Waals surface area contributed by atoms with Crippen molar-refractivity contribution in [2.45, 2.75) is 32.9 Å². The summed E-state index contributed by atoms with van der Waals surface area (Å²) < 4.78 is 48.3. The SMILES string of the molecule is CC(C)CC(=O)OCCc1c2n(-c3ccc(NC(=O)Nc4ccccc4C(F)(F)F)cc3)n1-2. The molecular weight excluding hydrogens is 437 g/mol. The monoisotopic (exact) mass is 460 g/mol. The van der Waals surface area contributed by atoms with E-state index < -0.39 is 17.8 Å². The molecule has 0 aliphatic carbocycles. The number of fused-ring (bicyclic) bond motifs is 1. The summed E-state index contributed by atoms with van der Waals surface area (Å²) in [6.07, 6.45) is -3.49. The highest BCUT2D eigenvalue weighted by atomic mass is 19.4. The Morgan fingerprint density at radius 1 is 1.00 bits per heavy atom. The molecule has 2 amide bonds. The number of amides is 2. The van der Waals surface area contributed by atoms with Gasteiger partial charge in [-0.05, 0) is 42.3 Å². The van der Waals surface area contributed by atoms with Crippen LogP contribution in [0.4, 0.5) is 29.3 Å². The number of nitrogens with zero attached hydrogens (tertiary/aromatic N) is 2. The highest BCUT2D eigenvalue weighted by Gasteiger charge is 2.41. The standard InChI is InChI=1S/C23H23F3N4O3/c1-14(2)13-20(31)33-12-11-19-21-29(30(19)21)16-9-7-15(8-10-16)27-22(32)28-18-6-4-3-5-17(18)23(24,25)26/h3-10,14H,11-13H2,1-2H3,(H2,27,28,32). The van der Waals surface area contributed by atoms with Gasteiger partial charge in [0.1, 0.15) is 0 Å². The van der Waals surface area contributed by atoms with Crippen molar-refractivity contribution < 1.29 is 27.5 Å². The summed E-state index contributed by atoms with van der Waals surface area (Å²) >= 11 is 0. The van der Waals surface area contributed by atoms with E-state index in [1.165, 1.54) is 18.2 Å². The number of hydrogen-bond donors (Lipinski definition) is 2. The summed E-state index contributed by atoms with van der Waals surface area (Å²) in [7, 11) is 0. The van der Waals surface area contributed by atoms with Gasteiger partial charge in [0.05, 0.1) is 29.2 Å². The van der Waals surface area contributed by atoms with Gasteiger partial charge in [-0.3, -0.25) is 4.79 Å². The molecule has 7 nitrogen and oxygen atoms in total. The number of halogens is 3. The Kier molecular flexibility index (Phi) is 5.92. The van der Waals surface area contributed by atoms with Crippen molar-refractivity contribution in [3.8, 4) is 11.5 Å². The Hall–Kier alpha value is -3.69. The highest BCUT2D eigenvalue weighted by molar-refractivity contribution is 6.00. The van der Waals surface area contributed by atoms with E-state index in [0.29, 0.717) is 25.1 Å². The molecule has 10 heteroatoms. The van der Waals surface area contributed by atoms with Crippen LogP contribution >= 0.6 is 0 Å². The number of para-hydroxylation sites is 1. The molecule has 0 bridgehead atoms. The van der Waals surface area contributed by atoms with Gasteiger partial charge in [0.25, 0.3) is 0 Å². The summed E-state index contributed by atoms with van der Waals surface area (Å²) in [5.41, 5.74) is 1.23. The predicted octanol–water partition coefficient (Wildman–Crippen LogP) is 5.38. The van der Waals surface area contributed by atoms with E-state index >= 15 is 0 Å². The lowest BCUT2D eigenvalue weighted by atomic mass is 10.1. The van der Waals surface area contributed by atoms with Gasteiger partial charge in [-0.1, -0.05) is 26.0 Å². The van der Waals surface area contributed by atoms with Crippen LogP contribution in [0.3, 0.4) is 0 Å². The van der Waals surface area contributed by atoms with Gasteiger partial charge in [-0.2, -0.15) is 13.2 Å². The van der Waals surface area contributed by atoms with Crippen molar-refractivity contribution >= 4 is 23.4 Å². The number of benzene rings is 2. The molecule has 0 fully saturated rings. The number of carbonyl (C=O) groups excluding carboxylic acids is 2. The van der Waals surface area contributed by atoms with Crippen molar-refractivity contribution in [2.75, 3.05) is 17.2 Å².